The largest absolute Gasteiger partial charge is 0.340 e. The van der Waals surface area contributed by atoms with Crippen LogP contribution < -0.4 is 5.32 Å². The molecule has 26 heavy (non-hydrogen) atoms. The highest BCUT2D eigenvalue weighted by molar-refractivity contribution is 7.07. The van der Waals surface area contributed by atoms with Crippen LogP contribution in [0.5, 0.6) is 0 Å². The minimum atomic E-state index is -1.01. The third-order valence-corrected chi connectivity index (χ3v) is 5.87. The van der Waals surface area contributed by atoms with Crippen molar-refractivity contribution in [2.45, 2.75) is 24.9 Å². The Morgan fingerprint density at radius 2 is 2.12 bits per heavy atom. The predicted octanol–water partition coefficient (Wildman–Crippen LogP) is 2.10. The van der Waals surface area contributed by atoms with E-state index in [4.69, 9.17) is 0 Å². The number of rotatable bonds is 4. The van der Waals surface area contributed by atoms with Gasteiger partial charge in [0.05, 0.1) is 0 Å². The molecule has 0 saturated carbocycles. The zero-order valence-electron chi connectivity index (χ0n) is 14.4. The molecule has 6 nitrogen and oxygen atoms in total. The Morgan fingerprint density at radius 3 is 2.88 bits per heavy atom. The minimum Gasteiger partial charge on any atom is -0.340 e. The highest BCUT2D eigenvalue weighted by atomic mass is 32.1. The first kappa shape index (κ1) is 16.8. The van der Waals surface area contributed by atoms with Gasteiger partial charge in [0.1, 0.15) is 12.1 Å². The number of nitrogens with one attached hydrogen (secondary N) is 1. The van der Waals surface area contributed by atoms with E-state index in [9.17, 15) is 14.4 Å². The highest BCUT2D eigenvalue weighted by Gasteiger charge is 2.55. The van der Waals surface area contributed by atoms with Crippen LogP contribution in [0.1, 0.15) is 23.1 Å². The fraction of sp³-hybridized carbons (Fsp3) is 0.316. The number of amides is 4. The summed E-state index contributed by atoms with van der Waals surface area (Å²) in [4.78, 5) is 40.6. The molecule has 2 aromatic rings. The van der Waals surface area contributed by atoms with Crippen molar-refractivity contribution in [1.82, 2.24) is 15.1 Å². The number of likely N-dealkylation sites (N-methyl/N-ethyl adjacent to an activating group) is 1. The number of imide groups is 1. The van der Waals surface area contributed by atoms with Crippen molar-refractivity contribution in [2.75, 3.05) is 13.6 Å². The third-order valence-electron chi connectivity index (χ3n) is 5.14. The Bertz CT molecular complexity index is 880. The average Bonchev–Trinajstić information content (AvgIpc) is 3.32. The summed E-state index contributed by atoms with van der Waals surface area (Å²) in [6.07, 6.45) is 1.27. The quantitative estimate of drug-likeness (QED) is 0.839. The lowest BCUT2D eigenvalue weighted by atomic mass is 9.92. The van der Waals surface area contributed by atoms with E-state index in [1.54, 1.807) is 18.4 Å². The van der Waals surface area contributed by atoms with Crippen molar-refractivity contribution in [3.8, 4) is 0 Å². The molecule has 134 valence electrons. The van der Waals surface area contributed by atoms with Gasteiger partial charge < -0.3 is 10.2 Å². The van der Waals surface area contributed by atoms with E-state index in [2.05, 4.69) is 5.32 Å². The standard InChI is InChI=1S/C19H19N3O3S/c1-21(10-13-7-9-26-12-13)16(23)11-22-17(24)19(20-18(22)25)8-6-14-4-2-3-5-15(14)19/h2-5,7,9,12H,6,8,10-11H2,1H3,(H,20,25)/t19-/m1/s1. The second kappa shape index (κ2) is 6.25. The van der Waals surface area contributed by atoms with E-state index in [1.807, 2.05) is 41.1 Å². The van der Waals surface area contributed by atoms with Gasteiger partial charge in [-0.3, -0.25) is 14.5 Å². The second-order valence-corrected chi connectivity index (χ2v) is 7.55. The highest BCUT2D eigenvalue weighted by Crippen LogP contribution is 2.41. The molecule has 0 bridgehead atoms. The Hall–Kier alpha value is -2.67. The molecule has 7 heteroatoms. The number of hydrogen-bond donors (Lipinski definition) is 1. The van der Waals surface area contributed by atoms with Crippen molar-refractivity contribution in [3.63, 3.8) is 0 Å². The molecule has 1 aliphatic heterocycles. The van der Waals surface area contributed by atoms with Crippen molar-refractivity contribution in [2.24, 2.45) is 0 Å². The fourth-order valence-corrected chi connectivity index (χ4v) is 4.39. The van der Waals surface area contributed by atoms with Crippen LogP contribution in [0.3, 0.4) is 0 Å². The summed E-state index contributed by atoms with van der Waals surface area (Å²) in [7, 11) is 1.68. The van der Waals surface area contributed by atoms with Crippen LogP contribution in [0.2, 0.25) is 0 Å². The van der Waals surface area contributed by atoms with Gasteiger partial charge >= 0.3 is 6.03 Å². The summed E-state index contributed by atoms with van der Waals surface area (Å²) in [5, 5.41) is 6.77. The van der Waals surface area contributed by atoms with Gasteiger partial charge in [-0.15, -0.1) is 0 Å². The van der Waals surface area contributed by atoms with Crippen LogP contribution in [0.15, 0.2) is 41.1 Å². The van der Waals surface area contributed by atoms with Gasteiger partial charge in [-0.1, -0.05) is 24.3 Å². The molecule has 4 rings (SSSR count). The van der Waals surface area contributed by atoms with E-state index in [1.165, 1.54) is 4.90 Å². The minimum absolute atomic E-state index is 0.241. The molecule has 1 fully saturated rings. The van der Waals surface area contributed by atoms with Crippen molar-refractivity contribution in [3.05, 3.63) is 57.8 Å². The molecule has 0 radical (unpaired) electrons. The Balaban J connectivity index is 1.51. The monoisotopic (exact) mass is 369 g/mol. The number of hydrogen-bond acceptors (Lipinski definition) is 4. The lowest BCUT2D eigenvalue weighted by Gasteiger charge is -2.23. The van der Waals surface area contributed by atoms with Crippen LogP contribution in [0, 0.1) is 0 Å². The molecule has 1 saturated heterocycles. The predicted molar refractivity (Wildman–Crippen MR) is 97.5 cm³/mol. The number of urea groups is 1. The van der Waals surface area contributed by atoms with Gasteiger partial charge in [0, 0.05) is 13.6 Å². The Kier molecular flexibility index (Phi) is 4.03. The Labute approximate surface area is 155 Å². The van der Waals surface area contributed by atoms with E-state index in [0.29, 0.717) is 13.0 Å². The van der Waals surface area contributed by atoms with E-state index < -0.39 is 11.6 Å². The summed E-state index contributed by atoms with van der Waals surface area (Å²) in [5.74, 6) is -0.590. The molecular weight excluding hydrogens is 350 g/mol. The number of aryl methyl sites for hydroxylation is 1. The van der Waals surface area contributed by atoms with Gasteiger partial charge in [-0.2, -0.15) is 11.3 Å². The van der Waals surface area contributed by atoms with Gasteiger partial charge in [0.2, 0.25) is 5.91 Å². The Morgan fingerprint density at radius 1 is 1.31 bits per heavy atom. The normalized spacial score (nSPS) is 21.2. The molecule has 1 N–H and O–H groups in total. The third kappa shape index (κ3) is 2.59. The van der Waals surface area contributed by atoms with Crippen LogP contribution in [0.4, 0.5) is 4.79 Å². The van der Waals surface area contributed by atoms with Crippen molar-refractivity contribution >= 4 is 29.2 Å². The first-order chi connectivity index (χ1) is 12.5. The number of fused-ring (bicyclic) bond motifs is 2. The number of carbonyl (C=O) groups is 3. The van der Waals surface area contributed by atoms with Crippen molar-refractivity contribution < 1.29 is 14.4 Å². The number of nitrogens with zero attached hydrogens (tertiary/aromatic N) is 2. The lowest BCUT2D eigenvalue weighted by Crippen LogP contribution is -2.44. The van der Waals surface area contributed by atoms with Gasteiger partial charge in [-0.05, 0) is 46.4 Å². The molecular formula is C19H19N3O3S. The number of benzene rings is 1. The maximum Gasteiger partial charge on any atom is 0.325 e. The SMILES string of the molecule is CN(Cc1ccsc1)C(=O)CN1C(=O)N[C@@]2(CCc3ccccc32)C1=O. The molecule has 1 atom stereocenters. The number of thiophene rings is 1. The van der Waals surface area contributed by atoms with Crippen LogP contribution in [-0.2, 0) is 28.1 Å². The van der Waals surface area contributed by atoms with Crippen molar-refractivity contribution in [1.29, 1.82) is 0 Å². The summed E-state index contributed by atoms with van der Waals surface area (Å²) in [6.45, 7) is 0.217. The molecule has 1 aromatic heterocycles. The first-order valence-corrected chi connectivity index (χ1v) is 9.43. The average molecular weight is 369 g/mol. The second-order valence-electron chi connectivity index (χ2n) is 6.77. The summed E-state index contributed by atoms with van der Waals surface area (Å²) in [6, 6.07) is 9.12. The summed E-state index contributed by atoms with van der Waals surface area (Å²) < 4.78 is 0. The lowest BCUT2D eigenvalue weighted by molar-refractivity contribution is -0.138. The molecule has 1 spiro atoms. The van der Waals surface area contributed by atoms with Gasteiger partial charge in [0.25, 0.3) is 5.91 Å². The topological polar surface area (TPSA) is 69.7 Å². The van der Waals surface area contributed by atoms with E-state index in [0.717, 1.165) is 28.0 Å². The molecule has 1 aliphatic carbocycles. The molecule has 0 unspecified atom stereocenters. The van der Waals surface area contributed by atoms with Crippen LogP contribution in [0.25, 0.3) is 0 Å². The zero-order chi connectivity index (χ0) is 18.3. The maximum atomic E-state index is 13.1. The van der Waals surface area contributed by atoms with Gasteiger partial charge in [0.15, 0.2) is 0 Å². The maximum absolute atomic E-state index is 13.1. The van der Waals surface area contributed by atoms with Gasteiger partial charge in [-0.25, -0.2) is 4.79 Å². The molecule has 2 aliphatic rings. The molecule has 4 amide bonds. The smallest absolute Gasteiger partial charge is 0.325 e. The van der Waals surface area contributed by atoms with E-state index in [-0.39, 0.29) is 18.4 Å². The molecule has 2 heterocycles. The van der Waals surface area contributed by atoms with E-state index >= 15 is 0 Å². The first-order valence-electron chi connectivity index (χ1n) is 8.49. The summed E-state index contributed by atoms with van der Waals surface area (Å²) in [5.41, 5.74) is 1.94. The number of carbonyl (C=O) groups excluding carboxylic acids is 3. The van der Waals surface area contributed by atoms with Crippen LogP contribution in [-0.4, -0.2) is 41.2 Å². The fourth-order valence-electron chi connectivity index (χ4n) is 3.73. The summed E-state index contributed by atoms with van der Waals surface area (Å²) >= 11 is 1.57. The molecule has 1 aromatic carbocycles. The van der Waals surface area contributed by atoms with Crippen LogP contribution >= 0.6 is 11.3 Å². The zero-order valence-corrected chi connectivity index (χ0v) is 15.2.